The zero-order valence-electron chi connectivity index (χ0n) is 20.4. The molecule has 1 aromatic carbocycles. The van der Waals surface area contributed by atoms with E-state index in [2.05, 4.69) is 25.7 Å². The molecule has 33 heavy (non-hydrogen) atoms. The summed E-state index contributed by atoms with van der Waals surface area (Å²) < 4.78 is 34.0. The third-order valence-corrected chi connectivity index (χ3v) is 9.02. The van der Waals surface area contributed by atoms with Crippen LogP contribution in [0.2, 0.25) is 0 Å². The van der Waals surface area contributed by atoms with Gasteiger partial charge in [-0.3, -0.25) is 0 Å². The lowest BCUT2D eigenvalue weighted by Crippen LogP contribution is -2.34. The maximum atomic E-state index is 14.4. The van der Waals surface area contributed by atoms with E-state index in [0.717, 1.165) is 48.0 Å². The highest BCUT2D eigenvalue weighted by molar-refractivity contribution is 5.33. The van der Waals surface area contributed by atoms with E-state index in [1.165, 1.54) is 82.4 Å². The molecule has 3 heteroatoms. The van der Waals surface area contributed by atoms with Gasteiger partial charge < -0.3 is 4.74 Å². The van der Waals surface area contributed by atoms with Crippen LogP contribution in [-0.4, -0.2) is 6.61 Å². The van der Waals surface area contributed by atoms with Crippen LogP contribution < -0.4 is 4.74 Å². The number of allylic oxidation sites excluding steroid dienone is 2. The van der Waals surface area contributed by atoms with Crippen molar-refractivity contribution in [2.45, 2.75) is 89.9 Å². The molecule has 0 radical (unpaired) electrons. The zero-order valence-corrected chi connectivity index (χ0v) is 20.4. The highest BCUT2D eigenvalue weighted by atomic mass is 19.1. The van der Waals surface area contributed by atoms with Crippen LogP contribution in [0.3, 0.4) is 0 Å². The number of rotatable bonds is 8. The Bertz CT molecular complexity index is 785. The Labute approximate surface area is 199 Å². The Morgan fingerprint density at radius 1 is 0.879 bits per heavy atom. The molecule has 0 bridgehead atoms. The second kappa shape index (κ2) is 11.7. The molecule has 0 aliphatic heterocycles. The Balaban J connectivity index is 1.27. The van der Waals surface area contributed by atoms with Crippen molar-refractivity contribution in [1.82, 2.24) is 0 Å². The monoisotopic (exact) mass is 456 g/mol. The molecule has 0 spiro atoms. The first-order valence-corrected chi connectivity index (χ1v) is 13.4. The molecular weight excluding hydrogens is 414 g/mol. The molecule has 1 nitrogen and oxygen atoms in total. The van der Waals surface area contributed by atoms with Crippen molar-refractivity contribution in [3.8, 4) is 5.75 Å². The molecule has 1 aromatic rings. The van der Waals surface area contributed by atoms with Gasteiger partial charge in [0.25, 0.3) is 0 Å². The standard InChI is InChI=1S/C30H42F2O/c1-3-5-6-7-21-8-9-26-18-25(15-14-24(26)17-21)22-10-12-23(13-11-22)27-19-28(31)30(29(32)20-27)33-16-4-2/h3-5,19-26H,2,6-18H2,1H3/b5-3+. The van der Waals surface area contributed by atoms with Gasteiger partial charge >= 0.3 is 0 Å². The van der Waals surface area contributed by atoms with Crippen LogP contribution in [0.15, 0.2) is 36.9 Å². The summed E-state index contributed by atoms with van der Waals surface area (Å²) in [5.74, 6) is 3.35. The number of ether oxygens (including phenoxy) is 1. The number of hydrogen-bond donors (Lipinski definition) is 0. The van der Waals surface area contributed by atoms with Gasteiger partial charge in [-0.05, 0) is 131 Å². The molecule has 0 heterocycles. The van der Waals surface area contributed by atoms with Gasteiger partial charge in [-0.2, -0.15) is 0 Å². The lowest BCUT2D eigenvalue weighted by atomic mass is 9.60. The van der Waals surface area contributed by atoms with Crippen LogP contribution in [0.25, 0.3) is 0 Å². The van der Waals surface area contributed by atoms with Crippen molar-refractivity contribution in [3.63, 3.8) is 0 Å². The van der Waals surface area contributed by atoms with Crippen LogP contribution in [0.1, 0.15) is 95.5 Å². The third-order valence-electron chi connectivity index (χ3n) is 9.02. The number of hydrogen-bond acceptors (Lipinski definition) is 1. The fourth-order valence-electron chi connectivity index (χ4n) is 7.23. The largest absolute Gasteiger partial charge is 0.483 e. The molecule has 4 unspecified atom stereocenters. The average molecular weight is 457 g/mol. The highest BCUT2D eigenvalue weighted by Gasteiger charge is 2.38. The molecule has 3 fully saturated rings. The predicted octanol–water partition coefficient (Wildman–Crippen LogP) is 8.99. The summed E-state index contributed by atoms with van der Waals surface area (Å²) in [6, 6.07) is 2.99. The lowest BCUT2D eigenvalue weighted by Gasteiger charge is -2.45. The fraction of sp³-hybridized carbons (Fsp3) is 0.667. The molecule has 0 amide bonds. The van der Waals surface area contributed by atoms with Gasteiger partial charge in [0.2, 0.25) is 0 Å². The maximum absolute atomic E-state index is 14.4. The predicted molar refractivity (Wildman–Crippen MR) is 132 cm³/mol. The van der Waals surface area contributed by atoms with E-state index in [-0.39, 0.29) is 18.3 Å². The lowest BCUT2D eigenvalue weighted by molar-refractivity contribution is 0.0621. The molecule has 3 saturated carbocycles. The highest BCUT2D eigenvalue weighted by Crippen LogP contribution is 2.50. The Hall–Kier alpha value is -1.64. The molecule has 0 aromatic heterocycles. The van der Waals surface area contributed by atoms with E-state index < -0.39 is 11.6 Å². The summed E-state index contributed by atoms with van der Waals surface area (Å²) in [5.41, 5.74) is 0.800. The number of halogens is 2. The summed E-state index contributed by atoms with van der Waals surface area (Å²) in [6.45, 7) is 5.77. The minimum Gasteiger partial charge on any atom is -0.483 e. The molecule has 0 N–H and O–H groups in total. The van der Waals surface area contributed by atoms with E-state index in [9.17, 15) is 8.78 Å². The Kier molecular flexibility index (Phi) is 8.66. The first-order chi connectivity index (χ1) is 16.1. The molecular formula is C30H42F2O. The molecule has 182 valence electrons. The van der Waals surface area contributed by atoms with Crippen LogP contribution in [-0.2, 0) is 0 Å². The second-order valence-corrected chi connectivity index (χ2v) is 10.9. The normalized spacial score (nSPS) is 32.5. The van der Waals surface area contributed by atoms with E-state index in [1.807, 2.05) is 0 Å². The first kappa shape index (κ1) is 24.5. The Morgan fingerprint density at radius 2 is 1.48 bits per heavy atom. The smallest absolute Gasteiger partial charge is 0.191 e. The van der Waals surface area contributed by atoms with E-state index >= 15 is 0 Å². The minimum absolute atomic E-state index is 0.110. The van der Waals surface area contributed by atoms with Crippen molar-refractivity contribution in [2.75, 3.05) is 6.61 Å². The summed E-state index contributed by atoms with van der Waals surface area (Å²) in [5, 5.41) is 0. The fourth-order valence-corrected chi connectivity index (χ4v) is 7.23. The quantitative estimate of drug-likeness (QED) is 0.355. The molecule has 0 saturated heterocycles. The van der Waals surface area contributed by atoms with Crippen LogP contribution in [0, 0.1) is 41.2 Å². The van der Waals surface area contributed by atoms with Gasteiger partial charge in [-0.25, -0.2) is 8.78 Å². The number of benzene rings is 1. The maximum Gasteiger partial charge on any atom is 0.191 e. The molecule has 3 aliphatic rings. The average Bonchev–Trinajstić information content (AvgIpc) is 2.83. The Morgan fingerprint density at radius 3 is 2.15 bits per heavy atom. The SMILES string of the molecule is C=CCOc1c(F)cc(C2CCC(C3CCC4CC(CC/C=C/C)CCC4C3)CC2)cc1F. The van der Waals surface area contributed by atoms with E-state index in [1.54, 1.807) is 0 Å². The zero-order chi connectivity index (χ0) is 23.2. The van der Waals surface area contributed by atoms with Gasteiger partial charge in [0.15, 0.2) is 17.4 Å². The molecule has 4 atom stereocenters. The third kappa shape index (κ3) is 6.08. The summed E-state index contributed by atoms with van der Waals surface area (Å²) in [4.78, 5) is 0. The summed E-state index contributed by atoms with van der Waals surface area (Å²) in [6.07, 6.45) is 21.7. The second-order valence-electron chi connectivity index (χ2n) is 10.9. The van der Waals surface area contributed by atoms with Crippen molar-refractivity contribution < 1.29 is 13.5 Å². The summed E-state index contributed by atoms with van der Waals surface area (Å²) >= 11 is 0. The van der Waals surface area contributed by atoms with E-state index in [4.69, 9.17) is 4.74 Å². The van der Waals surface area contributed by atoms with Crippen LogP contribution >= 0.6 is 0 Å². The molecule has 4 rings (SSSR count). The topological polar surface area (TPSA) is 9.23 Å². The van der Waals surface area contributed by atoms with Crippen molar-refractivity contribution >= 4 is 0 Å². The van der Waals surface area contributed by atoms with Crippen molar-refractivity contribution in [2.24, 2.45) is 29.6 Å². The van der Waals surface area contributed by atoms with E-state index in [0.29, 0.717) is 0 Å². The summed E-state index contributed by atoms with van der Waals surface area (Å²) in [7, 11) is 0. The van der Waals surface area contributed by atoms with Crippen molar-refractivity contribution in [1.29, 1.82) is 0 Å². The van der Waals surface area contributed by atoms with Gasteiger partial charge in [0.1, 0.15) is 6.61 Å². The van der Waals surface area contributed by atoms with Gasteiger partial charge in [0, 0.05) is 0 Å². The van der Waals surface area contributed by atoms with Crippen LogP contribution in [0.4, 0.5) is 8.78 Å². The first-order valence-electron chi connectivity index (χ1n) is 13.4. The van der Waals surface area contributed by atoms with Crippen molar-refractivity contribution in [3.05, 3.63) is 54.1 Å². The number of fused-ring (bicyclic) bond motifs is 1. The molecule has 3 aliphatic carbocycles. The minimum atomic E-state index is -0.589. The van der Waals surface area contributed by atoms with Gasteiger partial charge in [0.05, 0.1) is 0 Å². The van der Waals surface area contributed by atoms with Gasteiger partial charge in [-0.1, -0.05) is 31.2 Å². The van der Waals surface area contributed by atoms with Gasteiger partial charge in [-0.15, -0.1) is 0 Å². The van der Waals surface area contributed by atoms with Crippen LogP contribution in [0.5, 0.6) is 5.75 Å².